The first-order chi connectivity index (χ1) is 16.9. The molecule has 0 spiro atoms. The zero-order chi connectivity index (χ0) is 26.3. The van der Waals surface area contributed by atoms with E-state index in [2.05, 4.69) is 10.3 Å². The van der Waals surface area contributed by atoms with Crippen LogP contribution in [0.25, 0.3) is 10.4 Å². The lowest BCUT2D eigenvalue weighted by atomic mass is 10.0. The van der Waals surface area contributed by atoms with Gasteiger partial charge in [0.05, 0.1) is 19.6 Å². The Hall–Kier alpha value is -2.56. The molecule has 0 radical (unpaired) electrons. The highest BCUT2D eigenvalue weighted by atomic mass is 35.5. The van der Waals surface area contributed by atoms with Gasteiger partial charge in [0.1, 0.15) is 5.82 Å². The van der Waals surface area contributed by atoms with Crippen molar-refractivity contribution < 1.29 is 17.8 Å². The van der Waals surface area contributed by atoms with Crippen LogP contribution in [0, 0.1) is 18.6 Å². The van der Waals surface area contributed by atoms with Crippen molar-refractivity contribution in [1.29, 1.82) is 4.78 Å². The molecule has 1 saturated heterocycles. The number of nitrogens with zero attached hydrogens (tertiary/aromatic N) is 2. The third-order valence-electron chi connectivity index (χ3n) is 6.24. The van der Waals surface area contributed by atoms with Gasteiger partial charge in [0, 0.05) is 59.4 Å². The Kier molecular flexibility index (Phi) is 7.41. The Bertz CT molecular complexity index is 1420. The van der Waals surface area contributed by atoms with Crippen molar-refractivity contribution in [3.8, 4) is 10.4 Å². The van der Waals surface area contributed by atoms with Crippen molar-refractivity contribution in [2.75, 3.05) is 29.6 Å². The summed E-state index contributed by atoms with van der Waals surface area (Å²) in [6.45, 7) is 4.18. The first kappa shape index (κ1) is 26.5. The number of nitrogens with one attached hydrogen (secondary N) is 2. The van der Waals surface area contributed by atoms with E-state index in [1.54, 1.807) is 29.3 Å². The highest BCUT2D eigenvalue weighted by Crippen LogP contribution is 2.40. The van der Waals surface area contributed by atoms with E-state index in [-0.39, 0.29) is 31.4 Å². The van der Waals surface area contributed by atoms with Crippen LogP contribution >= 0.6 is 22.9 Å². The highest BCUT2D eigenvalue weighted by molar-refractivity contribution is 7.91. The van der Waals surface area contributed by atoms with Crippen molar-refractivity contribution in [2.24, 2.45) is 0 Å². The molecule has 1 atom stereocenters. The number of amides is 1. The molecule has 2 N–H and O–H groups in total. The minimum atomic E-state index is -2.97. The number of aromatic nitrogens is 1. The quantitative estimate of drug-likeness (QED) is 0.357. The van der Waals surface area contributed by atoms with Crippen molar-refractivity contribution in [1.82, 2.24) is 4.98 Å². The molecule has 3 aromatic rings. The average Bonchev–Trinajstić information content (AvgIpc) is 3.01. The van der Waals surface area contributed by atoms with E-state index >= 15 is 0 Å². The van der Waals surface area contributed by atoms with E-state index in [0.29, 0.717) is 32.8 Å². The number of benzene rings is 1. The van der Waals surface area contributed by atoms with Gasteiger partial charge in [-0.25, -0.2) is 22.8 Å². The Morgan fingerprint density at radius 1 is 1.25 bits per heavy atom. The first-order valence-corrected chi connectivity index (χ1v) is 14.6. The SMILES string of the molecule is Cc1cc(Cl)sc1-c1cnc(N2CCCC(F)(F)CC2)c(C(=O)Nc2cccc(S(C)(=N)=O)c2)c1C. The number of thiophene rings is 1. The molecular formula is C25H27ClF2N4O2S2. The van der Waals surface area contributed by atoms with Crippen molar-refractivity contribution >= 4 is 50.1 Å². The Balaban J connectivity index is 1.80. The zero-order valence-corrected chi connectivity index (χ0v) is 22.5. The van der Waals surface area contributed by atoms with Crippen LogP contribution in [0.2, 0.25) is 4.34 Å². The van der Waals surface area contributed by atoms with Crippen LogP contribution in [0.15, 0.2) is 41.4 Å². The number of halogens is 3. The minimum absolute atomic E-state index is 0.0785. The second kappa shape index (κ2) is 10.1. The van der Waals surface area contributed by atoms with Crippen LogP contribution in [0.1, 0.15) is 40.7 Å². The molecular weight excluding hydrogens is 526 g/mol. The summed E-state index contributed by atoms with van der Waals surface area (Å²) in [6, 6.07) is 8.20. The van der Waals surface area contributed by atoms with Gasteiger partial charge in [-0.15, -0.1) is 11.3 Å². The van der Waals surface area contributed by atoms with Crippen molar-refractivity contribution in [3.05, 3.63) is 57.6 Å². The van der Waals surface area contributed by atoms with E-state index in [1.165, 1.54) is 23.7 Å². The van der Waals surface area contributed by atoms with Crippen LogP contribution in [-0.4, -0.2) is 40.4 Å². The number of carbonyl (C=O) groups is 1. The molecule has 1 amide bonds. The van der Waals surface area contributed by atoms with E-state index < -0.39 is 21.6 Å². The summed E-state index contributed by atoms with van der Waals surface area (Å²) in [5.74, 6) is -2.86. The van der Waals surface area contributed by atoms with Crippen LogP contribution in [-0.2, 0) is 9.73 Å². The number of hydrogen-bond acceptors (Lipinski definition) is 6. The lowest BCUT2D eigenvalue weighted by Gasteiger charge is -2.26. The Morgan fingerprint density at radius 2 is 2.00 bits per heavy atom. The largest absolute Gasteiger partial charge is 0.356 e. The van der Waals surface area contributed by atoms with Gasteiger partial charge >= 0.3 is 0 Å². The summed E-state index contributed by atoms with van der Waals surface area (Å²) in [6.07, 6.45) is 2.75. The summed E-state index contributed by atoms with van der Waals surface area (Å²) in [5.41, 5.74) is 3.02. The van der Waals surface area contributed by atoms with Crippen LogP contribution in [0.5, 0.6) is 0 Å². The molecule has 3 heterocycles. The van der Waals surface area contributed by atoms with Gasteiger partial charge in [-0.2, -0.15) is 0 Å². The van der Waals surface area contributed by atoms with Gasteiger partial charge in [0.25, 0.3) is 5.91 Å². The van der Waals surface area contributed by atoms with E-state index in [9.17, 15) is 17.8 Å². The van der Waals surface area contributed by atoms with Gasteiger partial charge in [-0.05, 0) is 55.7 Å². The van der Waals surface area contributed by atoms with E-state index in [4.69, 9.17) is 16.4 Å². The fourth-order valence-electron chi connectivity index (χ4n) is 4.33. The summed E-state index contributed by atoms with van der Waals surface area (Å²) in [4.78, 5) is 21.2. The smallest absolute Gasteiger partial charge is 0.259 e. The third kappa shape index (κ3) is 5.71. The van der Waals surface area contributed by atoms with Gasteiger partial charge in [-0.3, -0.25) is 4.79 Å². The summed E-state index contributed by atoms with van der Waals surface area (Å²) < 4.78 is 48.8. The molecule has 1 aliphatic rings. The lowest BCUT2D eigenvalue weighted by molar-refractivity contribution is -0.0102. The molecule has 6 nitrogen and oxygen atoms in total. The molecule has 0 bridgehead atoms. The van der Waals surface area contributed by atoms with Crippen LogP contribution in [0.4, 0.5) is 20.3 Å². The Labute approximate surface area is 218 Å². The molecule has 36 heavy (non-hydrogen) atoms. The predicted octanol–water partition coefficient (Wildman–Crippen LogP) is 6.99. The monoisotopic (exact) mass is 552 g/mol. The van der Waals surface area contributed by atoms with Gasteiger partial charge < -0.3 is 10.2 Å². The average molecular weight is 553 g/mol. The molecule has 4 rings (SSSR count). The first-order valence-electron chi connectivity index (χ1n) is 11.4. The third-order valence-corrected chi connectivity index (χ3v) is 8.79. The van der Waals surface area contributed by atoms with E-state index in [0.717, 1.165) is 16.0 Å². The topological polar surface area (TPSA) is 86.2 Å². The Morgan fingerprint density at radius 3 is 2.67 bits per heavy atom. The van der Waals surface area contributed by atoms with Crippen LogP contribution in [0.3, 0.4) is 0 Å². The molecule has 1 fully saturated rings. The van der Waals surface area contributed by atoms with Gasteiger partial charge in [0.15, 0.2) is 0 Å². The zero-order valence-electron chi connectivity index (χ0n) is 20.2. The molecule has 11 heteroatoms. The highest BCUT2D eigenvalue weighted by Gasteiger charge is 2.34. The molecule has 192 valence electrons. The van der Waals surface area contributed by atoms with Crippen molar-refractivity contribution in [3.63, 3.8) is 0 Å². The molecule has 1 unspecified atom stereocenters. The number of alkyl halides is 2. The number of carbonyl (C=O) groups excluding carboxylic acids is 1. The predicted molar refractivity (Wildman–Crippen MR) is 142 cm³/mol. The maximum atomic E-state index is 14.1. The number of rotatable bonds is 5. The second-order valence-electron chi connectivity index (χ2n) is 9.08. The van der Waals surface area contributed by atoms with Crippen molar-refractivity contribution in [2.45, 2.75) is 43.9 Å². The van der Waals surface area contributed by atoms with Gasteiger partial charge in [0.2, 0.25) is 5.92 Å². The summed E-state index contributed by atoms with van der Waals surface area (Å²) in [5, 5.41) is 2.84. The minimum Gasteiger partial charge on any atom is -0.356 e. The maximum absolute atomic E-state index is 14.1. The molecule has 0 saturated carbocycles. The fraction of sp³-hybridized carbons (Fsp3) is 0.360. The second-order valence-corrected chi connectivity index (χ2v) is 12.9. The molecule has 2 aromatic heterocycles. The van der Waals surface area contributed by atoms with Gasteiger partial charge in [-0.1, -0.05) is 17.7 Å². The normalized spacial score (nSPS) is 17.3. The number of anilines is 2. The summed E-state index contributed by atoms with van der Waals surface area (Å²) >= 11 is 7.61. The standard InChI is InChI=1S/C25H27ClF2N4O2S2/c1-15-12-20(26)35-22(15)19-14-30-23(32-10-5-8-25(27,28)9-11-32)21(16(19)2)24(33)31-17-6-4-7-18(13-17)36(3,29)34/h4,6-7,12-14,29H,5,8-11H2,1-3H3,(H,31,33). The summed E-state index contributed by atoms with van der Waals surface area (Å²) in [7, 11) is -2.97. The maximum Gasteiger partial charge on any atom is 0.259 e. The number of pyridine rings is 1. The molecule has 0 aliphatic carbocycles. The fourth-order valence-corrected chi connectivity index (χ4v) is 6.38. The molecule has 1 aliphatic heterocycles. The molecule has 1 aromatic carbocycles. The van der Waals surface area contributed by atoms with E-state index in [1.807, 2.05) is 19.9 Å². The number of hydrogen-bond donors (Lipinski definition) is 2. The van der Waals surface area contributed by atoms with Crippen LogP contribution < -0.4 is 10.2 Å². The lowest BCUT2D eigenvalue weighted by Crippen LogP contribution is -2.30. The number of aryl methyl sites for hydroxylation is 1.